The van der Waals surface area contributed by atoms with Crippen molar-refractivity contribution in [1.82, 2.24) is 5.32 Å². The lowest BCUT2D eigenvalue weighted by molar-refractivity contribution is -0.141. The summed E-state index contributed by atoms with van der Waals surface area (Å²) in [6, 6.07) is 1.34. The second-order valence-electron chi connectivity index (χ2n) is 6.83. The Balaban J connectivity index is 1.52. The number of hydrogen-bond acceptors (Lipinski definition) is 3. The molecule has 0 aromatic heterocycles. The fourth-order valence-corrected chi connectivity index (χ4v) is 4.23. The van der Waals surface area contributed by atoms with Crippen LogP contribution in [0.15, 0.2) is 0 Å². The summed E-state index contributed by atoms with van der Waals surface area (Å²) in [6.45, 7) is 5.08. The molecule has 1 aliphatic carbocycles. The van der Waals surface area contributed by atoms with E-state index in [9.17, 15) is 0 Å². The zero-order chi connectivity index (χ0) is 13.1. The van der Waals surface area contributed by atoms with E-state index in [4.69, 9.17) is 9.47 Å². The highest BCUT2D eigenvalue weighted by atomic mass is 16.5. The summed E-state index contributed by atoms with van der Waals surface area (Å²) < 4.78 is 11.6. The molecule has 1 unspecified atom stereocenters. The lowest BCUT2D eigenvalue weighted by atomic mass is 9.83. The summed E-state index contributed by atoms with van der Waals surface area (Å²) in [5.41, 5.74) is 0.129. The highest BCUT2D eigenvalue weighted by Gasteiger charge is 2.39. The molecule has 3 heteroatoms. The predicted octanol–water partition coefficient (Wildman–Crippen LogP) is 2.88. The zero-order valence-electron chi connectivity index (χ0n) is 12.3. The van der Waals surface area contributed by atoms with Crippen molar-refractivity contribution >= 4 is 0 Å². The number of rotatable bonds is 3. The summed E-state index contributed by atoms with van der Waals surface area (Å²) in [4.78, 5) is 0. The van der Waals surface area contributed by atoms with Gasteiger partial charge in [0.25, 0.3) is 0 Å². The maximum atomic E-state index is 6.12. The van der Waals surface area contributed by atoms with Crippen LogP contribution in [0.5, 0.6) is 0 Å². The first-order chi connectivity index (χ1) is 9.27. The third-order valence-corrected chi connectivity index (χ3v) is 5.50. The van der Waals surface area contributed by atoms with Gasteiger partial charge in [0.1, 0.15) is 0 Å². The summed E-state index contributed by atoms with van der Waals surface area (Å²) >= 11 is 0. The van der Waals surface area contributed by atoms with Gasteiger partial charge in [-0.25, -0.2) is 0 Å². The van der Waals surface area contributed by atoms with Gasteiger partial charge < -0.3 is 14.8 Å². The molecule has 1 N–H and O–H groups in total. The average Bonchev–Trinajstić information content (AvgIpc) is 2.93. The highest BCUT2D eigenvalue weighted by molar-refractivity contribution is 4.93. The van der Waals surface area contributed by atoms with Gasteiger partial charge in [-0.15, -0.1) is 0 Å². The fourth-order valence-electron chi connectivity index (χ4n) is 4.23. The first-order valence-electron chi connectivity index (χ1n) is 8.25. The molecule has 2 atom stereocenters. The summed E-state index contributed by atoms with van der Waals surface area (Å²) in [5.74, 6) is 0.911. The van der Waals surface area contributed by atoms with Crippen LogP contribution in [-0.2, 0) is 9.47 Å². The number of ether oxygens (including phenoxy) is 2. The Bertz CT molecular complexity index is 277. The maximum Gasteiger partial charge on any atom is 0.0741 e. The molecule has 2 aliphatic heterocycles. The minimum absolute atomic E-state index is 0.129. The molecule has 2 heterocycles. The Labute approximate surface area is 117 Å². The summed E-state index contributed by atoms with van der Waals surface area (Å²) in [7, 11) is 0. The monoisotopic (exact) mass is 267 g/mol. The van der Waals surface area contributed by atoms with Crippen LogP contribution in [-0.4, -0.2) is 37.5 Å². The van der Waals surface area contributed by atoms with Crippen LogP contribution < -0.4 is 5.32 Å². The highest BCUT2D eigenvalue weighted by Crippen LogP contribution is 2.35. The fraction of sp³-hybridized carbons (Fsp3) is 1.00. The van der Waals surface area contributed by atoms with Crippen LogP contribution in [0.1, 0.15) is 58.3 Å². The molecular weight excluding hydrogens is 238 g/mol. The SMILES string of the molecule is C[C@H](NC1CCOC2(CCOCC2)C1)C1CCCC1. The van der Waals surface area contributed by atoms with E-state index in [1.165, 1.54) is 38.5 Å². The molecule has 0 amide bonds. The molecule has 1 spiro atoms. The largest absolute Gasteiger partial charge is 0.381 e. The third-order valence-electron chi connectivity index (χ3n) is 5.50. The molecule has 3 fully saturated rings. The van der Waals surface area contributed by atoms with Crippen molar-refractivity contribution in [2.75, 3.05) is 19.8 Å². The van der Waals surface area contributed by atoms with E-state index < -0.39 is 0 Å². The van der Waals surface area contributed by atoms with E-state index in [-0.39, 0.29) is 5.60 Å². The minimum Gasteiger partial charge on any atom is -0.381 e. The summed E-state index contributed by atoms with van der Waals surface area (Å²) in [5, 5.41) is 3.91. The van der Waals surface area contributed by atoms with Gasteiger partial charge in [-0.2, -0.15) is 0 Å². The predicted molar refractivity (Wildman–Crippen MR) is 76.3 cm³/mol. The van der Waals surface area contributed by atoms with Crippen molar-refractivity contribution in [1.29, 1.82) is 0 Å². The van der Waals surface area contributed by atoms with Crippen LogP contribution in [0.2, 0.25) is 0 Å². The van der Waals surface area contributed by atoms with Gasteiger partial charge in [-0.1, -0.05) is 12.8 Å². The number of nitrogens with one attached hydrogen (secondary N) is 1. The molecule has 0 aromatic rings. The van der Waals surface area contributed by atoms with Crippen molar-refractivity contribution in [3.63, 3.8) is 0 Å². The first-order valence-corrected chi connectivity index (χ1v) is 8.25. The molecule has 0 aromatic carbocycles. The van der Waals surface area contributed by atoms with Crippen LogP contribution in [0.3, 0.4) is 0 Å². The molecule has 0 bridgehead atoms. The Morgan fingerprint density at radius 1 is 1.05 bits per heavy atom. The maximum absolute atomic E-state index is 6.12. The van der Waals surface area contributed by atoms with Crippen molar-refractivity contribution in [3.8, 4) is 0 Å². The van der Waals surface area contributed by atoms with E-state index in [1.54, 1.807) is 0 Å². The molecule has 1 saturated carbocycles. The summed E-state index contributed by atoms with van der Waals surface area (Å²) in [6.07, 6.45) is 10.3. The molecule has 3 aliphatic rings. The number of hydrogen-bond donors (Lipinski definition) is 1. The van der Waals surface area contributed by atoms with Crippen molar-refractivity contribution in [2.45, 2.75) is 76.0 Å². The third kappa shape index (κ3) is 3.32. The molecular formula is C16H29NO2. The van der Waals surface area contributed by atoms with Crippen molar-refractivity contribution in [2.24, 2.45) is 5.92 Å². The normalized spacial score (nSPS) is 33.6. The molecule has 2 saturated heterocycles. The lowest BCUT2D eigenvalue weighted by Gasteiger charge is -2.44. The van der Waals surface area contributed by atoms with Crippen molar-refractivity contribution in [3.05, 3.63) is 0 Å². The quantitative estimate of drug-likeness (QED) is 0.853. The van der Waals surface area contributed by atoms with Crippen LogP contribution in [0.25, 0.3) is 0 Å². The standard InChI is InChI=1S/C16H29NO2/c1-13(14-4-2-3-5-14)17-15-6-9-19-16(12-15)7-10-18-11-8-16/h13-15,17H,2-12H2,1H3/t13-,15?/m0/s1. The average molecular weight is 267 g/mol. The minimum atomic E-state index is 0.129. The molecule has 3 nitrogen and oxygen atoms in total. The van der Waals surface area contributed by atoms with Gasteiger partial charge in [0.05, 0.1) is 5.60 Å². The Morgan fingerprint density at radius 2 is 1.79 bits per heavy atom. The molecule has 0 radical (unpaired) electrons. The van der Waals surface area contributed by atoms with Gasteiger partial charge in [0.2, 0.25) is 0 Å². The molecule has 3 rings (SSSR count). The first kappa shape index (κ1) is 13.8. The van der Waals surface area contributed by atoms with E-state index in [0.29, 0.717) is 12.1 Å². The van der Waals surface area contributed by atoms with Crippen LogP contribution in [0, 0.1) is 5.92 Å². The van der Waals surface area contributed by atoms with Gasteiger partial charge in [-0.3, -0.25) is 0 Å². The van der Waals surface area contributed by atoms with Crippen LogP contribution >= 0.6 is 0 Å². The van der Waals surface area contributed by atoms with Crippen molar-refractivity contribution < 1.29 is 9.47 Å². The Hall–Kier alpha value is -0.120. The van der Waals surface area contributed by atoms with E-state index in [1.807, 2.05) is 0 Å². The van der Waals surface area contributed by atoms with E-state index >= 15 is 0 Å². The van der Waals surface area contributed by atoms with Gasteiger partial charge >= 0.3 is 0 Å². The molecule has 110 valence electrons. The molecule has 19 heavy (non-hydrogen) atoms. The zero-order valence-corrected chi connectivity index (χ0v) is 12.3. The smallest absolute Gasteiger partial charge is 0.0741 e. The van der Waals surface area contributed by atoms with Crippen LogP contribution in [0.4, 0.5) is 0 Å². The van der Waals surface area contributed by atoms with Gasteiger partial charge in [-0.05, 0) is 51.4 Å². The Kier molecular flexibility index (Phi) is 4.45. The van der Waals surface area contributed by atoms with Gasteiger partial charge in [0.15, 0.2) is 0 Å². The second kappa shape index (κ2) is 6.11. The lowest BCUT2D eigenvalue weighted by Crippen LogP contribution is -2.52. The van der Waals surface area contributed by atoms with E-state index in [0.717, 1.165) is 38.6 Å². The Morgan fingerprint density at radius 3 is 2.53 bits per heavy atom. The van der Waals surface area contributed by atoms with E-state index in [2.05, 4.69) is 12.2 Å². The second-order valence-corrected chi connectivity index (χ2v) is 6.83. The van der Waals surface area contributed by atoms with Gasteiger partial charge in [0, 0.05) is 31.9 Å². The topological polar surface area (TPSA) is 30.5 Å².